The molecule has 0 bridgehead atoms. The molecular weight excluding hydrogens is 234 g/mol. The van der Waals surface area contributed by atoms with Crippen molar-refractivity contribution in [1.82, 2.24) is 4.98 Å². The van der Waals surface area contributed by atoms with E-state index in [1.54, 1.807) is 0 Å². The van der Waals surface area contributed by atoms with E-state index in [9.17, 15) is 0 Å². The molecule has 2 N–H and O–H groups in total. The van der Waals surface area contributed by atoms with Gasteiger partial charge in [0.25, 0.3) is 0 Å². The van der Waals surface area contributed by atoms with Gasteiger partial charge in [0.1, 0.15) is 5.82 Å². The number of aromatic nitrogens is 1. The molecule has 1 aliphatic heterocycles. The van der Waals surface area contributed by atoms with Gasteiger partial charge in [-0.2, -0.15) is 0 Å². The number of nitrogen functional groups attached to an aromatic ring is 1. The van der Waals surface area contributed by atoms with Gasteiger partial charge in [0.15, 0.2) is 0 Å². The lowest BCUT2D eigenvalue weighted by Gasteiger charge is -2.32. The minimum atomic E-state index is 0.832. The van der Waals surface area contributed by atoms with Gasteiger partial charge >= 0.3 is 0 Å². The van der Waals surface area contributed by atoms with Gasteiger partial charge in [-0.3, -0.25) is 0 Å². The number of hydrogen-bond donors (Lipinski definition) is 1. The second-order valence-electron chi connectivity index (χ2n) is 5.70. The normalized spacial score (nSPS) is 17.1. The molecular formula is C16H21N3. The van der Waals surface area contributed by atoms with Crippen molar-refractivity contribution >= 4 is 22.3 Å². The van der Waals surface area contributed by atoms with Gasteiger partial charge in [-0.15, -0.1) is 0 Å². The number of rotatable bonds is 1. The zero-order valence-electron chi connectivity index (χ0n) is 11.7. The number of piperidine rings is 1. The highest BCUT2D eigenvalue weighted by Crippen LogP contribution is 2.32. The zero-order valence-corrected chi connectivity index (χ0v) is 11.7. The van der Waals surface area contributed by atoms with E-state index in [4.69, 9.17) is 5.73 Å². The summed E-state index contributed by atoms with van der Waals surface area (Å²) in [5, 5.41) is 2.35. The maximum Gasteiger partial charge on any atom is 0.136 e. The van der Waals surface area contributed by atoms with E-state index in [-0.39, 0.29) is 0 Å². The molecule has 3 rings (SSSR count). The van der Waals surface area contributed by atoms with E-state index in [1.165, 1.54) is 18.2 Å². The summed E-state index contributed by atoms with van der Waals surface area (Å²) < 4.78 is 0. The van der Waals surface area contributed by atoms with Crippen molar-refractivity contribution in [2.24, 2.45) is 5.92 Å². The van der Waals surface area contributed by atoms with Crippen molar-refractivity contribution in [1.29, 1.82) is 0 Å². The van der Waals surface area contributed by atoms with Gasteiger partial charge in [0.05, 0.1) is 0 Å². The van der Waals surface area contributed by atoms with Crippen LogP contribution in [0.2, 0.25) is 0 Å². The summed E-state index contributed by atoms with van der Waals surface area (Å²) >= 11 is 0. The SMILES string of the molecule is Cc1cnc(N2CCC(C)CC2)c2cccc(N)c12. The van der Waals surface area contributed by atoms with Crippen LogP contribution in [0.1, 0.15) is 25.3 Å². The molecule has 0 aliphatic carbocycles. The average molecular weight is 255 g/mol. The van der Waals surface area contributed by atoms with Crippen LogP contribution in [0.3, 0.4) is 0 Å². The monoisotopic (exact) mass is 255 g/mol. The second-order valence-corrected chi connectivity index (χ2v) is 5.70. The minimum absolute atomic E-state index is 0.832. The Morgan fingerprint density at radius 3 is 2.74 bits per heavy atom. The fraction of sp³-hybridized carbons (Fsp3) is 0.438. The first-order valence-electron chi connectivity index (χ1n) is 7.05. The summed E-state index contributed by atoms with van der Waals surface area (Å²) in [4.78, 5) is 7.07. The maximum atomic E-state index is 6.13. The molecule has 3 heteroatoms. The second kappa shape index (κ2) is 4.72. The Bertz CT molecular complexity index is 590. The van der Waals surface area contributed by atoms with Crippen LogP contribution in [0.25, 0.3) is 10.8 Å². The van der Waals surface area contributed by atoms with E-state index in [2.05, 4.69) is 29.8 Å². The molecule has 0 unspecified atom stereocenters. The number of anilines is 2. The Morgan fingerprint density at radius 1 is 1.26 bits per heavy atom. The average Bonchev–Trinajstić information content (AvgIpc) is 2.41. The summed E-state index contributed by atoms with van der Waals surface area (Å²) in [5.74, 6) is 1.93. The van der Waals surface area contributed by atoms with Crippen LogP contribution in [0.15, 0.2) is 24.4 Å². The van der Waals surface area contributed by atoms with Gasteiger partial charge in [0, 0.05) is 35.7 Å². The largest absolute Gasteiger partial charge is 0.398 e. The quantitative estimate of drug-likeness (QED) is 0.794. The Kier molecular flexibility index (Phi) is 3.05. The third kappa shape index (κ3) is 2.14. The first-order chi connectivity index (χ1) is 9.16. The molecule has 1 aromatic carbocycles. The molecule has 0 radical (unpaired) electrons. The standard InChI is InChI=1S/C16H21N3/c1-11-6-8-19(9-7-11)16-13-4-3-5-14(17)15(13)12(2)10-18-16/h3-5,10-11H,6-9,17H2,1-2H3. The van der Waals surface area contributed by atoms with Crippen molar-refractivity contribution in [2.75, 3.05) is 23.7 Å². The van der Waals surface area contributed by atoms with Gasteiger partial charge in [-0.25, -0.2) is 4.98 Å². The third-order valence-corrected chi connectivity index (χ3v) is 4.20. The van der Waals surface area contributed by atoms with E-state index in [0.717, 1.165) is 41.5 Å². The third-order valence-electron chi connectivity index (χ3n) is 4.20. The summed E-state index contributed by atoms with van der Waals surface area (Å²) in [5.41, 5.74) is 8.14. The Labute approximate surface area is 114 Å². The van der Waals surface area contributed by atoms with Crippen LogP contribution >= 0.6 is 0 Å². The number of hydrogen-bond acceptors (Lipinski definition) is 3. The van der Waals surface area contributed by atoms with Crippen LogP contribution < -0.4 is 10.6 Å². The van der Waals surface area contributed by atoms with Crippen LogP contribution in [0.5, 0.6) is 0 Å². The topological polar surface area (TPSA) is 42.2 Å². The van der Waals surface area contributed by atoms with Gasteiger partial charge < -0.3 is 10.6 Å². The summed E-state index contributed by atoms with van der Waals surface area (Å²) in [6.07, 6.45) is 4.45. The highest BCUT2D eigenvalue weighted by Gasteiger charge is 2.19. The van der Waals surface area contributed by atoms with Crippen LogP contribution in [0, 0.1) is 12.8 Å². The molecule has 0 spiro atoms. The number of aryl methyl sites for hydroxylation is 1. The lowest BCUT2D eigenvalue weighted by molar-refractivity contribution is 0.437. The number of benzene rings is 1. The fourth-order valence-electron chi connectivity index (χ4n) is 2.96. The molecule has 19 heavy (non-hydrogen) atoms. The van der Waals surface area contributed by atoms with E-state index in [1.807, 2.05) is 18.3 Å². The molecule has 0 saturated carbocycles. The molecule has 1 aliphatic rings. The molecule has 3 nitrogen and oxygen atoms in total. The smallest absolute Gasteiger partial charge is 0.136 e. The van der Waals surface area contributed by atoms with Gasteiger partial charge in [0.2, 0.25) is 0 Å². The predicted octanol–water partition coefficient (Wildman–Crippen LogP) is 3.36. The lowest BCUT2D eigenvalue weighted by atomic mass is 9.98. The molecule has 0 amide bonds. The van der Waals surface area contributed by atoms with Crippen molar-refractivity contribution in [3.05, 3.63) is 30.0 Å². The highest BCUT2D eigenvalue weighted by molar-refractivity contribution is 6.01. The van der Waals surface area contributed by atoms with E-state index < -0.39 is 0 Å². The van der Waals surface area contributed by atoms with Crippen LogP contribution in [-0.2, 0) is 0 Å². The summed E-state index contributed by atoms with van der Waals surface area (Å²) in [6.45, 7) is 6.60. The first-order valence-corrected chi connectivity index (χ1v) is 7.05. The van der Waals surface area contributed by atoms with E-state index >= 15 is 0 Å². The first kappa shape index (κ1) is 12.3. The fourth-order valence-corrected chi connectivity index (χ4v) is 2.96. The van der Waals surface area contributed by atoms with Crippen molar-refractivity contribution in [2.45, 2.75) is 26.7 Å². The predicted molar refractivity (Wildman–Crippen MR) is 81.5 cm³/mol. The molecule has 2 aromatic rings. The molecule has 0 atom stereocenters. The van der Waals surface area contributed by atoms with Crippen LogP contribution in [-0.4, -0.2) is 18.1 Å². The van der Waals surface area contributed by atoms with Crippen molar-refractivity contribution in [3.8, 4) is 0 Å². The van der Waals surface area contributed by atoms with Gasteiger partial charge in [-0.1, -0.05) is 19.1 Å². The van der Waals surface area contributed by atoms with Crippen molar-refractivity contribution < 1.29 is 0 Å². The Hall–Kier alpha value is -1.77. The summed E-state index contributed by atoms with van der Waals surface area (Å²) in [7, 11) is 0. The molecule has 2 heterocycles. The highest BCUT2D eigenvalue weighted by atomic mass is 15.2. The molecule has 100 valence electrons. The summed E-state index contributed by atoms with van der Waals surface area (Å²) in [6, 6.07) is 6.13. The van der Waals surface area contributed by atoms with Crippen molar-refractivity contribution in [3.63, 3.8) is 0 Å². The molecule has 1 aromatic heterocycles. The Balaban J connectivity index is 2.10. The zero-order chi connectivity index (χ0) is 13.4. The number of nitrogens with two attached hydrogens (primary N) is 1. The van der Waals surface area contributed by atoms with Crippen LogP contribution in [0.4, 0.5) is 11.5 Å². The number of pyridine rings is 1. The number of nitrogens with zero attached hydrogens (tertiary/aromatic N) is 2. The lowest BCUT2D eigenvalue weighted by Crippen LogP contribution is -2.33. The Morgan fingerprint density at radius 2 is 2.00 bits per heavy atom. The van der Waals surface area contributed by atoms with E-state index in [0.29, 0.717) is 0 Å². The molecule has 1 fully saturated rings. The number of fused-ring (bicyclic) bond motifs is 1. The maximum absolute atomic E-state index is 6.13. The van der Waals surface area contributed by atoms with Gasteiger partial charge in [-0.05, 0) is 37.3 Å². The minimum Gasteiger partial charge on any atom is -0.398 e. The molecule has 1 saturated heterocycles.